The van der Waals surface area contributed by atoms with Gasteiger partial charge in [0.1, 0.15) is 6.10 Å². The van der Waals surface area contributed by atoms with Crippen molar-refractivity contribution in [3.8, 4) is 0 Å². The Labute approximate surface area is 94.4 Å². The van der Waals surface area contributed by atoms with Gasteiger partial charge >= 0.3 is 5.97 Å². The fourth-order valence-electron chi connectivity index (χ4n) is 1.82. The lowest BCUT2D eigenvalue weighted by Gasteiger charge is -2.31. The number of hydrogen-bond donors (Lipinski definition) is 1. The molecule has 1 saturated heterocycles. The number of quaternary nitrogens is 1. The molecule has 4 nitrogen and oxygen atoms in total. The van der Waals surface area contributed by atoms with E-state index in [4.69, 9.17) is 4.74 Å². The van der Waals surface area contributed by atoms with Crippen molar-refractivity contribution in [3.63, 3.8) is 0 Å². The minimum Gasteiger partial charge on any atom is -0.634 e. The average molecular weight is 221 g/mol. The van der Waals surface area contributed by atoms with E-state index in [0.717, 1.165) is 0 Å². The summed E-state index contributed by atoms with van der Waals surface area (Å²) in [7, 11) is 0. The molecule has 4 heteroatoms. The summed E-state index contributed by atoms with van der Waals surface area (Å²) in [5.74, 6) is -0.292. The van der Waals surface area contributed by atoms with Crippen molar-refractivity contribution in [3.05, 3.63) is 41.1 Å². The maximum Gasteiger partial charge on any atom is 0.338 e. The van der Waals surface area contributed by atoms with E-state index in [-0.39, 0.29) is 17.1 Å². The van der Waals surface area contributed by atoms with Crippen LogP contribution in [0.5, 0.6) is 0 Å². The van der Waals surface area contributed by atoms with Crippen LogP contribution in [0.3, 0.4) is 0 Å². The molecular weight excluding hydrogens is 206 g/mol. The molecule has 0 aromatic heterocycles. The Bertz CT molecular complexity index is 345. The Morgan fingerprint density at radius 3 is 2.50 bits per heavy atom. The van der Waals surface area contributed by atoms with Gasteiger partial charge in [0.15, 0.2) is 0 Å². The number of ether oxygens (including phenoxy) is 1. The molecule has 0 spiro atoms. The third kappa shape index (κ3) is 2.81. The Hall–Kier alpha value is -1.39. The molecule has 16 heavy (non-hydrogen) atoms. The van der Waals surface area contributed by atoms with Gasteiger partial charge < -0.3 is 15.0 Å². The Morgan fingerprint density at radius 2 is 1.88 bits per heavy atom. The van der Waals surface area contributed by atoms with Crippen LogP contribution in [0.4, 0.5) is 0 Å². The second-order valence-electron chi connectivity index (χ2n) is 4.01. The van der Waals surface area contributed by atoms with E-state index in [1.54, 1.807) is 24.3 Å². The molecule has 0 saturated carbocycles. The van der Waals surface area contributed by atoms with Crippen LogP contribution in [0.2, 0.25) is 0 Å². The summed E-state index contributed by atoms with van der Waals surface area (Å²) < 4.78 is 5.33. The summed E-state index contributed by atoms with van der Waals surface area (Å²) in [5, 5.41) is 11.3. The number of esters is 1. The van der Waals surface area contributed by atoms with Crippen LogP contribution in [-0.4, -0.2) is 25.2 Å². The molecule has 0 aliphatic carbocycles. The van der Waals surface area contributed by atoms with Gasteiger partial charge in [-0.25, -0.2) is 4.79 Å². The lowest BCUT2D eigenvalue weighted by molar-refractivity contribution is -0.854. The SMILES string of the molecule is O=C(OC1CC[NH+]([O-])CC1)c1ccccc1. The highest BCUT2D eigenvalue weighted by atomic mass is 16.5. The second kappa shape index (κ2) is 5.09. The van der Waals surface area contributed by atoms with E-state index >= 15 is 0 Å². The van der Waals surface area contributed by atoms with Gasteiger partial charge in [0, 0.05) is 12.8 Å². The van der Waals surface area contributed by atoms with Gasteiger partial charge in [0.2, 0.25) is 0 Å². The number of hydrogen-bond acceptors (Lipinski definition) is 3. The molecule has 1 N–H and O–H groups in total. The third-order valence-electron chi connectivity index (χ3n) is 2.77. The number of piperidine rings is 1. The van der Waals surface area contributed by atoms with Crippen molar-refractivity contribution < 1.29 is 14.6 Å². The highest BCUT2D eigenvalue weighted by Gasteiger charge is 2.21. The predicted octanol–water partition coefficient (Wildman–Crippen LogP) is 0.389. The first-order chi connectivity index (χ1) is 7.75. The first-order valence-electron chi connectivity index (χ1n) is 5.53. The molecule has 0 radical (unpaired) electrons. The molecular formula is C12H15NO3. The summed E-state index contributed by atoms with van der Waals surface area (Å²) in [4.78, 5) is 11.7. The van der Waals surface area contributed by atoms with Crippen LogP contribution >= 0.6 is 0 Å². The smallest absolute Gasteiger partial charge is 0.338 e. The quantitative estimate of drug-likeness (QED) is 0.580. The van der Waals surface area contributed by atoms with Crippen LogP contribution < -0.4 is 5.06 Å². The van der Waals surface area contributed by atoms with Gasteiger partial charge in [-0.15, -0.1) is 0 Å². The first kappa shape index (κ1) is 11.1. The normalized spacial score (nSPS) is 25.1. The fraction of sp³-hybridized carbons (Fsp3) is 0.417. The van der Waals surface area contributed by atoms with Crippen LogP contribution in [0.1, 0.15) is 23.2 Å². The largest absolute Gasteiger partial charge is 0.634 e. The molecule has 1 aromatic carbocycles. The number of hydroxylamine groups is 2. The molecule has 0 bridgehead atoms. The number of benzene rings is 1. The zero-order valence-electron chi connectivity index (χ0n) is 9.02. The van der Waals surface area contributed by atoms with Crippen molar-refractivity contribution in [2.24, 2.45) is 0 Å². The van der Waals surface area contributed by atoms with E-state index in [0.29, 0.717) is 31.5 Å². The Morgan fingerprint density at radius 1 is 1.25 bits per heavy atom. The zero-order chi connectivity index (χ0) is 11.4. The topological polar surface area (TPSA) is 53.8 Å². The van der Waals surface area contributed by atoms with Crippen LogP contribution in [0, 0.1) is 5.21 Å². The number of carbonyl (C=O) groups is 1. The summed E-state index contributed by atoms with van der Waals surface area (Å²) in [6.07, 6.45) is 1.24. The lowest BCUT2D eigenvalue weighted by Crippen LogP contribution is -3.08. The minimum atomic E-state index is -0.292. The maximum atomic E-state index is 11.7. The maximum absolute atomic E-state index is 11.7. The van der Waals surface area contributed by atoms with Gasteiger partial charge in [0.05, 0.1) is 18.7 Å². The molecule has 0 unspecified atom stereocenters. The van der Waals surface area contributed by atoms with E-state index in [1.165, 1.54) is 0 Å². The number of carbonyl (C=O) groups excluding carboxylic acids is 1. The molecule has 86 valence electrons. The average Bonchev–Trinajstić information content (AvgIpc) is 2.33. The molecule has 2 rings (SSSR count). The van der Waals surface area contributed by atoms with Gasteiger partial charge in [0.25, 0.3) is 0 Å². The number of rotatable bonds is 2. The van der Waals surface area contributed by atoms with Crippen LogP contribution in [0.25, 0.3) is 0 Å². The van der Waals surface area contributed by atoms with Gasteiger partial charge in [-0.3, -0.25) is 0 Å². The molecule has 1 aliphatic rings. The number of nitrogens with one attached hydrogen (secondary N) is 1. The summed E-state index contributed by atoms with van der Waals surface area (Å²) in [5.41, 5.74) is 0.569. The monoisotopic (exact) mass is 221 g/mol. The van der Waals surface area contributed by atoms with Crippen LogP contribution in [-0.2, 0) is 4.74 Å². The minimum absolute atomic E-state index is 0.0922. The van der Waals surface area contributed by atoms with E-state index in [1.807, 2.05) is 6.07 Å². The highest BCUT2D eigenvalue weighted by molar-refractivity contribution is 5.89. The zero-order valence-corrected chi connectivity index (χ0v) is 9.02. The van der Waals surface area contributed by atoms with E-state index < -0.39 is 0 Å². The summed E-state index contributed by atoms with van der Waals surface area (Å²) in [6.45, 7) is 1.07. The van der Waals surface area contributed by atoms with Crippen molar-refractivity contribution in [2.75, 3.05) is 13.1 Å². The molecule has 1 aliphatic heterocycles. The van der Waals surface area contributed by atoms with Crippen molar-refractivity contribution >= 4 is 5.97 Å². The van der Waals surface area contributed by atoms with Crippen LogP contribution in [0.15, 0.2) is 30.3 Å². The van der Waals surface area contributed by atoms with Crippen molar-refractivity contribution in [2.45, 2.75) is 18.9 Å². The highest BCUT2D eigenvalue weighted by Crippen LogP contribution is 2.09. The molecule has 1 aromatic rings. The summed E-state index contributed by atoms with van der Waals surface area (Å²) in [6, 6.07) is 8.94. The first-order valence-corrected chi connectivity index (χ1v) is 5.53. The van der Waals surface area contributed by atoms with E-state index in [9.17, 15) is 10.0 Å². The van der Waals surface area contributed by atoms with Crippen molar-refractivity contribution in [1.82, 2.24) is 0 Å². The summed E-state index contributed by atoms with van der Waals surface area (Å²) >= 11 is 0. The van der Waals surface area contributed by atoms with Gasteiger partial charge in [-0.1, -0.05) is 18.2 Å². The predicted molar refractivity (Wildman–Crippen MR) is 58.9 cm³/mol. The fourth-order valence-corrected chi connectivity index (χ4v) is 1.82. The lowest BCUT2D eigenvalue weighted by atomic mass is 10.1. The third-order valence-corrected chi connectivity index (χ3v) is 2.77. The Balaban J connectivity index is 1.88. The van der Waals surface area contributed by atoms with Crippen molar-refractivity contribution in [1.29, 1.82) is 0 Å². The van der Waals surface area contributed by atoms with Gasteiger partial charge in [-0.05, 0) is 12.1 Å². The molecule has 0 atom stereocenters. The Kier molecular flexibility index (Phi) is 3.54. The van der Waals surface area contributed by atoms with Gasteiger partial charge in [-0.2, -0.15) is 0 Å². The molecule has 1 fully saturated rings. The van der Waals surface area contributed by atoms with E-state index in [2.05, 4.69) is 0 Å². The molecule has 1 heterocycles. The molecule has 0 amide bonds. The second-order valence-corrected chi connectivity index (χ2v) is 4.01. The standard InChI is InChI=1S/C12H15NO3/c14-12(10-4-2-1-3-5-10)16-11-6-8-13(15)9-7-11/h1-5,11,13H,6-9H2.